The lowest BCUT2D eigenvalue weighted by Gasteiger charge is -2.12. The molecule has 0 aliphatic carbocycles. The third-order valence-corrected chi connectivity index (χ3v) is 4.88. The van der Waals surface area contributed by atoms with E-state index in [1.54, 1.807) is 53.5 Å². The zero-order valence-electron chi connectivity index (χ0n) is 17.3. The van der Waals surface area contributed by atoms with E-state index in [9.17, 15) is 9.59 Å². The molecule has 0 saturated carbocycles. The summed E-state index contributed by atoms with van der Waals surface area (Å²) in [4.78, 5) is 30.1. The van der Waals surface area contributed by atoms with Gasteiger partial charge in [-0.25, -0.2) is 9.67 Å². The third kappa shape index (κ3) is 4.28. The van der Waals surface area contributed by atoms with Crippen molar-refractivity contribution in [3.05, 3.63) is 108 Å². The van der Waals surface area contributed by atoms with Crippen LogP contribution in [0.3, 0.4) is 0 Å². The molecule has 6 nitrogen and oxygen atoms in total. The number of nitrogens with one attached hydrogen (secondary N) is 1. The van der Waals surface area contributed by atoms with Crippen LogP contribution in [0.1, 0.15) is 51.7 Å². The summed E-state index contributed by atoms with van der Waals surface area (Å²) in [6, 6.07) is 21.6. The van der Waals surface area contributed by atoms with Crippen LogP contribution in [0.15, 0.2) is 85.2 Å². The highest BCUT2D eigenvalue weighted by Gasteiger charge is 2.21. The molecule has 0 unspecified atom stereocenters. The lowest BCUT2D eigenvalue weighted by atomic mass is 10.0. The molecule has 2 aromatic carbocycles. The van der Waals surface area contributed by atoms with Crippen LogP contribution in [0.25, 0.3) is 5.82 Å². The van der Waals surface area contributed by atoms with Crippen molar-refractivity contribution >= 4 is 17.4 Å². The van der Waals surface area contributed by atoms with Crippen molar-refractivity contribution in [2.45, 2.75) is 19.8 Å². The molecule has 6 heteroatoms. The Morgan fingerprint density at radius 3 is 2.35 bits per heavy atom. The maximum atomic E-state index is 13.1. The molecule has 0 radical (unpaired) electrons. The van der Waals surface area contributed by atoms with Crippen LogP contribution in [0.5, 0.6) is 0 Å². The van der Waals surface area contributed by atoms with E-state index in [1.807, 2.05) is 50.2 Å². The summed E-state index contributed by atoms with van der Waals surface area (Å²) in [6.45, 7) is 4.01. The highest BCUT2D eigenvalue weighted by atomic mass is 16.1. The fourth-order valence-corrected chi connectivity index (χ4v) is 3.44. The number of hydrogen-bond donors (Lipinski definition) is 1. The largest absolute Gasteiger partial charge is 0.322 e. The third-order valence-electron chi connectivity index (χ3n) is 4.88. The average Bonchev–Trinajstić information content (AvgIpc) is 3.26. The first-order valence-electron chi connectivity index (χ1n) is 10.0. The van der Waals surface area contributed by atoms with Gasteiger partial charge in [0.15, 0.2) is 11.6 Å². The van der Waals surface area contributed by atoms with Gasteiger partial charge in [-0.05, 0) is 30.2 Å². The lowest BCUT2D eigenvalue weighted by Crippen LogP contribution is -2.16. The Labute approximate surface area is 180 Å². The lowest BCUT2D eigenvalue weighted by molar-refractivity contribution is 0.102. The standard InChI is InChI=1S/C25H22N4O2/c1-17(2)23-21(16-27-29(23)22-13-6-7-14-26-22)25(31)28-20-12-8-11-19(15-20)24(30)18-9-4-3-5-10-18/h3-17H,1-2H3,(H,28,31). The van der Waals surface area contributed by atoms with Crippen LogP contribution in [0.4, 0.5) is 5.69 Å². The number of aromatic nitrogens is 3. The maximum Gasteiger partial charge on any atom is 0.259 e. The second-order valence-electron chi connectivity index (χ2n) is 7.43. The summed E-state index contributed by atoms with van der Waals surface area (Å²) < 4.78 is 1.69. The molecule has 0 saturated heterocycles. The second-order valence-corrected chi connectivity index (χ2v) is 7.43. The highest BCUT2D eigenvalue weighted by Crippen LogP contribution is 2.24. The number of benzene rings is 2. The van der Waals surface area contributed by atoms with E-state index in [0.717, 1.165) is 5.69 Å². The highest BCUT2D eigenvalue weighted by molar-refractivity contribution is 6.10. The van der Waals surface area contributed by atoms with Gasteiger partial charge in [0, 0.05) is 23.0 Å². The first kappa shape index (κ1) is 20.2. The molecule has 4 rings (SSSR count). The molecule has 4 aromatic rings. The Morgan fingerprint density at radius 1 is 0.903 bits per heavy atom. The SMILES string of the molecule is CC(C)c1c(C(=O)Nc2cccc(C(=O)c3ccccc3)c2)cnn1-c1ccccn1. The Hall–Kier alpha value is -4.06. The number of amides is 1. The van der Waals surface area contributed by atoms with Gasteiger partial charge in [-0.15, -0.1) is 0 Å². The number of hydrogen-bond acceptors (Lipinski definition) is 4. The first-order chi connectivity index (χ1) is 15.0. The molecular formula is C25H22N4O2. The van der Waals surface area contributed by atoms with Gasteiger partial charge >= 0.3 is 0 Å². The molecule has 2 aromatic heterocycles. The maximum absolute atomic E-state index is 13.1. The van der Waals surface area contributed by atoms with Crippen LogP contribution < -0.4 is 5.32 Å². The smallest absolute Gasteiger partial charge is 0.259 e. The number of ketones is 1. The molecule has 0 bridgehead atoms. The van der Waals surface area contributed by atoms with Gasteiger partial charge in [-0.1, -0.05) is 62.4 Å². The van der Waals surface area contributed by atoms with Crippen molar-refractivity contribution in [2.24, 2.45) is 0 Å². The zero-order valence-corrected chi connectivity index (χ0v) is 17.3. The van der Waals surface area contributed by atoms with Crippen molar-refractivity contribution in [3.8, 4) is 5.82 Å². The van der Waals surface area contributed by atoms with Gasteiger partial charge in [0.2, 0.25) is 0 Å². The molecule has 31 heavy (non-hydrogen) atoms. The minimum absolute atomic E-state index is 0.0521. The Kier molecular flexibility index (Phi) is 5.71. The fraction of sp³-hybridized carbons (Fsp3) is 0.120. The van der Waals surface area contributed by atoms with Crippen LogP contribution >= 0.6 is 0 Å². The normalized spacial score (nSPS) is 10.8. The van der Waals surface area contributed by atoms with Gasteiger partial charge in [-0.2, -0.15) is 5.10 Å². The molecule has 0 fully saturated rings. The van der Waals surface area contributed by atoms with Crippen LogP contribution in [0.2, 0.25) is 0 Å². The molecule has 0 atom stereocenters. The van der Waals surface area contributed by atoms with Crippen LogP contribution in [-0.2, 0) is 0 Å². The predicted octanol–water partition coefficient (Wildman–Crippen LogP) is 4.87. The number of carbonyl (C=O) groups is 2. The molecular weight excluding hydrogens is 388 g/mol. The van der Waals surface area contributed by atoms with E-state index in [0.29, 0.717) is 28.2 Å². The van der Waals surface area contributed by atoms with Crippen LogP contribution in [-0.4, -0.2) is 26.5 Å². The Morgan fingerprint density at radius 2 is 1.65 bits per heavy atom. The predicted molar refractivity (Wildman–Crippen MR) is 120 cm³/mol. The summed E-state index contributed by atoms with van der Waals surface area (Å²) in [7, 11) is 0. The van der Waals surface area contributed by atoms with Crippen molar-refractivity contribution in [2.75, 3.05) is 5.32 Å². The molecule has 2 heterocycles. The number of carbonyl (C=O) groups excluding carboxylic acids is 2. The Bertz CT molecular complexity index is 1210. The molecule has 0 aliphatic heterocycles. The van der Waals surface area contributed by atoms with Crippen molar-refractivity contribution in [1.82, 2.24) is 14.8 Å². The summed E-state index contributed by atoms with van der Waals surface area (Å²) in [5, 5.41) is 7.30. The average molecular weight is 410 g/mol. The number of rotatable bonds is 6. The van der Waals surface area contributed by atoms with Gasteiger partial charge in [-0.3, -0.25) is 9.59 Å². The van der Waals surface area contributed by atoms with E-state index >= 15 is 0 Å². The van der Waals surface area contributed by atoms with Crippen molar-refractivity contribution < 1.29 is 9.59 Å². The molecule has 1 N–H and O–H groups in total. The monoisotopic (exact) mass is 410 g/mol. The van der Waals surface area contributed by atoms with Gasteiger partial charge in [0.1, 0.15) is 0 Å². The number of pyridine rings is 1. The summed E-state index contributed by atoms with van der Waals surface area (Å²) in [5.74, 6) is 0.328. The molecule has 0 aliphatic rings. The molecule has 154 valence electrons. The summed E-state index contributed by atoms with van der Waals surface area (Å²) in [5.41, 5.74) is 2.90. The minimum Gasteiger partial charge on any atom is -0.322 e. The van der Waals surface area contributed by atoms with Crippen molar-refractivity contribution in [1.29, 1.82) is 0 Å². The van der Waals surface area contributed by atoms with Crippen molar-refractivity contribution in [3.63, 3.8) is 0 Å². The summed E-state index contributed by atoms with van der Waals surface area (Å²) >= 11 is 0. The van der Waals surface area contributed by atoms with Crippen LogP contribution in [0, 0.1) is 0 Å². The topological polar surface area (TPSA) is 76.9 Å². The number of nitrogens with zero attached hydrogens (tertiary/aromatic N) is 3. The minimum atomic E-state index is -0.282. The molecule has 0 spiro atoms. The van der Waals surface area contributed by atoms with Gasteiger partial charge in [0.25, 0.3) is 5.91 Å². The van der Waals surface area contributed by atoms with Gasteiger partial charge < -0.3 is 5.32 Å². The number of anilines is 1. The van der Waals surface area contributed by atoms with E-state index < -0.39 is 0 Å². The summed E-state index contributed by atoms with van der Waals surface area (Å²) in [6.07, 6.45) is 3.24. The van der Waals surface area contributed by atoms with E-state index in [-0.39, 0.29) is 17.6 Å². The fourth-order valence-electron chi connectivity index (χ4n) is 3.44. The van der Waals surface area contributed by atoms with E-state index in [4.69, 9.17) is 0 Å². The first-order valence-corrected chi connectivity index (χ1v) is 10.0. The Balaban J connectivity index is 1.61. The van der Waals surface area contributed by atoms with Gasteiger partial charge in [0.05, 0.1) is 17.5 Å². The quantitative estimate of drug-likeness (QED) is 0.460. The van der Waals surface area contributed by atoms with E-state index in [1.165, 1.54) is 0 Å². The second kappa shape index (κ2) is 8.75. The molecule has 1 amide bonds. The van der Waals surface area contributed by atoms with E-state index in [2.05, 4.69) is 15.4 Å². The zero-order chi connectivity index (χ0) is 21.8.